The maximum absolute atomic E-state index is 8.57. The molecule has 0 bridgehead atoms. The summed E-state index contributed by atoms with van der Waals surface area (Å²) >= 11 is 0. The fourth-order valence-corrected chi connectivity index (χ4v) is 1.51. The Morgan fingerprint density at radius 3 is 2.62 bits per heavy atom. The fourth-order valence-electron chi connectivity index (χ4n) is 1.51. The van der Waals surface area contributed by atoms with Gasteiger partial charge in [0, 0.05) is 19.5 Å². The average Bonchev–Trinajstić information content (AvgIpc) is 2.34. The normalized spacial score (nSPS) is 9.69. The van der Waals surface area contributed by atoms with E-state index in [1.165, 1.54) is 5.56 Å². The zero-order valence-electron chi connectivity index (χ0n) is 9.26. The van der Waals surface area contributed by atoms with Gasteiger partial charge in [-0.15, -0.1) is 0 Å². The van der Waals surface area contributed by atoms with Gasteiger partial charge < -0.3 is 4.85 Å². The average molecular weight is 213 g/mol. The van der Waals surface area contributed by atoms with Crippen molar-refractivity contribution in [2.24, 2.45) is 0 Å². The molecule has 82 valence electrons. The van der Waals surface area contributed by atoms with Crippen molar-refractivity contribution in [3.05, 3.63) is 47.3 Å². The molecule has 0 radical (unpaired) electrons. The maximum atomic E-state index is 8.57. The third-order valence-corrected chi connectivity index (χ3v) is 2.32. The molecule has 0 spiro atoms. The highest BCUT2D eigenvalue weighted by molar-refractivity contribution is 5.14. The second-order valence-corrected chi connectivity index (χ2v) is 3.55. The molecule has 0 fully saturated rings. The summed E-state index contributed by atoms with van der Waals surface area (Å²) in [5.41, 5.74) is 1.23. The van der Waals surface area contributed by atoms with Gasteiger partial charge in [0.1, 0.15) is 0 Å². The Morgan fingerprint density at radius 1 is 1.25 bits per heavy atom. The van der Waals surface area contributed by atoms with E-state index < -0.39 is 0 Å². The van der Waals surface area contributed by atoms with Crippen molar-refractivity contribution >= 4 is 0 Å². The molecule has 0 N–H and O–H groups in total. The van der Waals surface area contributed by atoms with Crippen molar-refractivity contribution in [3.63, 3.8) is 0 Å². The van der Waals surface area contributed by atoms with E-state index in [1.807, 2.05) is 18.2 Å². The minimum absolute atomic E-state index is 0.498. The Balaban J connectivity index is 2.50. The summed E-state index contributed by atoms with van der Waals surface area (Å²) in [7, 11) is 0. The van der Waals surface area contributed by atoms with Gasteiger partial charge in [-0.3, -0.25) is 4.90 Å². The van der Waals surface area contributed by atoms with Crippen LogP contribution in [0.1, 0.15) is 12.0 Å². The van der Waals surface area contributed by atoms with Crippen LogP contribution in [0.5, 0.6) is 0 Å². The summed E-state index contributed by atoms with van der Waals surface area (Å²) in [6, 6.07) is 12.3. The molecule has 3 heteroatoms. The Hall–Kier alpha value is -1.84. The Bertz CT molecular complexity index is 354. The molecule has 0 saturated carbocycles. The van der Waals surface area contributed by atoms with Gasteiger partial charge in [0.15, 0.2) is 0 Å². The summed E-state index contributed by atoms with van der Waals surface area (Å²) in [6.07, 6.45) is 0.519. The molecular weight excluding hydrogens is 198 g/mol. The molecule has 1 aromatic rings. The third-order valence-electron chi connectivity index (χ3n) is 2.32. The second-order valence-electron chi connectivity index (χ2n) is 3.55. The van der Waals surface area contributed by atoms with Gasteiger partial charge in [0.2, 0.25) is 6.54 Å². The summed E-state index contributed by atoms with van der Waals surface area (Å²) < 4.78 is 0. The van der Waals surface area contributed by atoms with Crippen molar-refractivity contribution in [3.8, 4) is 6.07 Å². The minimum Gasteiger partial charge on any atom is -0.316 e. The first-order valence-electron chi connectivity index (χ1n) is 5.33. The van der Waals surface area contributed by atoms with E-state index >= 15 is 0 Å². The van der Waals surface area contributed by atoms with Crippen LogP contribution in [0.15, 0.2) is 30.3 Å². The molecule has 16 heavy (non-hydrogen) atoms. The maximum Gasteiger partial charge on any atom is 0.227 e. The highest BCUT2D eigenvalue weighted by Gasteiger charge is 2.06. The van der Waals surface area contributed by atoms with Gasteiger partial charge in [-0.2, -0.15) is 5.26 Å². The van der Waals surface area contributed by atoms with Gasteiger partial charge in [0.25, 0.3) is 0 Å². The highest BCUT2D eigenvalue weighted by atomic mass is 15.1. The Morgan fingerprint density at radius 2 is 2.00 bits per heavy atom. The minimum atomic E-state index is 0.498. The number of rotatable bonds is 6. The molecule has 1 rings (SSSR count). The van der Waals surface area contributed by atoms with Crippen LogP contribution in [-0.4, -0.2) is 24.5 Å². The molecule has 0 heterocycles. The summed E-state index contributed by atoms with van der Waals surface area (Å²) in [4.78, 5) is 5.50. The van der Waals surface area contributed by atoms with Gasteiger partial charge in [-0.1, -0.05) is 30.3 Å². The zero-order valence-corrected chi connectivity index (χ0v) is 9.26. The number of nitrogens with zero attached hydrogens (tertiary/aromatic N) is 3. The largest absolute Gasteiger partial charge is 0.316 e. The van der Waals surface area contributed by atoms with Gasteiger partial charge in [-0.25, -0.2) is 6.57 Å². The van der Waals surface area contributed by atoms with Crippen molar-refractivity contribution in [1.29, 1.82) is 5.26 Å². The predicted octanol–water partition coefficient (Wildman–Crippen LogP) is 2.32. The number of hydrogen-bond acceptors (Lipinski definition) is 2. The first-order chi connectivity index (χ1) is 7.86. The molecule has 0 unspecified atom stereocenters. The van der Waals surface area contributed by atoms with E-state index in [0.717, 1.165) is 19.6 Å². The Kier molecular flexibility index (Phi) is 5.70. The van der Waals surface area contributed by atoms with Crippen molar-refractivity contribution < 1.29 is 0 Å². The van der Waals surface area contributed by atoms with E-state index in [9.17, 15) is 0 Å². The lowest BCUT2D eigenvalue weighted by molar-refractivity contribution is 0.284. The molecule has 0 aromatic heterocycles. The number of nitriles is 1. The third kappa shape index (κ3) is 4.59. The lowest BCUT2D eigenvalue weighted by Gasteiger charge is -2.18. The van der Waals surface area contributed by atoms with E-state index in [1.54, 1.807) is 0 Å². The van der Waals surface area contributed by atoms with Gasteiger partial charge >= 0.3 is 0 Å². The molecular formula is C13H15N3. The van der Waals surface area contributed by atoms with Gasteiger partial charge in [0.05, 0.1) is 12.6 Å². The SMILES string of the molecule is [C-]#[N+]CCN(CCC#N)Cc1ccccc1. The van der Waals surface area contributed by atoms with Crippen LogP contribution in [0.2, 0.25) is 0 Å². The van der Waals surface area contributed by atoms with Gasteiger partial charge in [-0.05, 0) is 5.56 Å². The standard InChI is InChI=1S/C13H15N3/c1-15-9-11-16(10-5-8-14)12-13-6-3-2-4-7-13/h2-4,6-7H,5,9-12H2. The van der Waals surface area contributed by atoms with Crippen LogP contribution in [0.3, 0.4) is 0 Å². The quantitative estimate of drug-likeness (QED) is 0.679. The second kappa shape index (κ2) is 7.45. The monoisotopic (exact) mass is 213 g/mol. The van der Waals surface area contributed by atoms with Crippen LogP contribution in [0.25, 0.3) is 4.85 Å². The van der Waals surface area contributed by atoms with E-state index in [-0.39, 0.29) is 0 Å². The van der Waals surface area contributed by atoms with Crippen LogP contribution in [0, 0.1) is 17.9 Å². The smallest absolute Gasteiger partial charge is 0.227 e. The van der Waals surface area contributed by atoms with Crippen molar-refractivity contribution in [2.45, 2.75) is 13.0 Å². The first kappa shape index (κ1) is 12.2. The predicted molar refractivity (Wildman–Crippen MR) is 63.4 cm³/mol. The molecule has 1 aromatic carbocycles. The molecule has 0 aliphatic carbocycles. The van der Waals surface area contributed by atoms with E-state index in [0.29, 0.717) is 13.0 Å². The van der Waals surface area contributed by atoms with E-state index in [2.05, 4.69) is 27.9 Å². The molecule has 3 nitrogen and oxygen atoms in total. The molecule has 0 atom stereocenters. The fraction of sp³-hybridized carbons (Fsp3) is 0.385. The number of benzene rings is 1. The molecule has 0 aliphatic rings. The van der Waals surface area contributed by atoms with Crippen LogP contribution >= 0.6 is 0 Å². The van der Waals surface area contributed by atoms with Crippen LogP contribution in [-0.2, 0) is 6.54 Å². The highest BCUT2D eigenvalue weighted by Crippen LogP contribution is 2.04. The van der Waals surface area contributed by atoms with Crippen molar-refractivity contribution in [2.75, 3.05) is 19.6 Å². The summed E-state index contributed by atoms with van der Waals surface area (Å²) in [6.45, 7) is 9.58. The van der Waals surface area contributed by atoms with Crippen LogP contribution < -0.4 is 0 Å². The molecule has 0 aliphatic heterocycles. The molecule has 0 saturated heterocycles. The lowest BCUT2D eigenvalue weighted by atomic mass is 10.2. The first-order valence-corrected chi connectivity index (χ1v) is 5.33. The Labute approximate surface area is 96.7 Å². The summed E-state index contributed by atoms with van der Waals surface area (Å²) in [5, 5.41) is 8.57. The molecule has 0 amide bonds. The lowest BCUT2D eigenvalue weighted by Crippen LogP contribution is -2.26. The van der Waals surface area contributed by atoms with Crippen LogP contribution in [0.4, 0.5) is 0 Å². The topological polar surface area (TPSA) is 31.4 Å². The number of hydrogen-bond donors (Lipinski definition) is 0. The van der Waals surface area contributed by atoms with E-state index in [4.69, 9.17) is 11.8 Å². The summed E-state index contributed by atoms with van der Waals surface area (Å²) in [5.74, 6) is 0. The van der Waals surface area contributed by atoms with Crippen molar-refractivity contribution in [1.82, 2.24) is 4.90 Å². The zero-order chi connectivity index (χ0) is 11.6.